The number of phenolic OH excluding ortho intramolecular Hbond substituents is 1. The Balaban J connectivity index is 1.51. The monoisotopic (exact) mass is 713 g/mol. The summed E-state index contributed by atoms with van der Waals surface area (Å²) in [5, 5.41) is 22.7. The van der Waals surface area contributed by atoms with Gasteiger partial charge in [0.15, 0.2) is 0 Å². The minimum absolute atomic E-state index is 0.0234. The van der Waals surface area contributed by atoms with E-state index >= 15 is 0 Å². The molecule has 0 aliphatic rings. The molecule has 264 valence electrons. The highest BCUT2D eigenvalue weighted by Crippen LogP contribution is 2.13. The van der Waals surface area contributed by atoms with Crippen molar-refractivity contribution in [2.24, 2.45) is 0 Å². The number of hydrogen-bond acceptors (Lipinski definition) is 10. The lowest BCUT2D eigenvalue weighted by Gasteiger charge is -2.21. The zero-order chi connectivity index (χ0) is 36.8. The molecule has 3 aromatic carbocycles. The summed E-state index contributed by atoms with van der Waals surface area (Å²) in [7, 11) is 1.18. The Labute approximate surface area is 298 Å². The van der Waals surface area contributed by atoms with Crippen LogP contribution in [-0.2, 0) is 36.8 Å². The van der Waals surface area contributed by atoms with Gasteiger partial charge in [-0.3, -0.25) is 19.2 Å². The average molecular weight is 714 g/mol. The number of nitrogens with zero attached hydrogens (tertiary/aromatic N) is 2. The first kappa shape index (κ1) is 37.5. The van der Waals surface area contributed by atoms with E-state index in [0.29, 0.717) is 16.8 Å². The molecule has 4 rings (SSSR count). The van der Waals surface area contributed by atoms with Crippen molar-refractivity contribution in [3.05, 3.63) is 130 Å². The molecule has 1 aromatic heterocycles. The van der Waals surface area contributed by atoms with Crippen LogP contribution in [0.4, 0.5) is 5.95 Å². The molecule has 0 aliphatic heterocycles. The number of phenols is 1. The average Bonchev–Trinajstić information content (AvgIpc) is 3.12. The Morgan fingerprint density at radius 2 is 1.47 bits per heavy atom. The first-order valence-corrected chi connectivity index (χ1v) is 16.0. The summed E-state index contributed by atoms with van der Waals surface area (Å²) in [6.07, 6.45) is 1.26. The molecule has 14 nitrogen and oxygen atoms in total. The Bertz CT molecular complexity index is 1850. The molecule has 0 unspecified atom stereocenters. The van der Waals surface area contributed by atoms with Crippen molar-refractivity contribution < 1.29 is 33.8 Å². The maximum Gasteiger partial charge on any atom is 0.328 e. The summed E-state index contributed by atoms with van der Waals surface area (Å²) in [5.74, 6) is -3.47. The van der Waals surface area contributed by atoms with Gasteiger partial charge in [0, 0.05) is 30.3 Å². The molecule has 0 radical (unpaired) electrons. The van der Waals surface area contributed by atoms with E-state index in [1.54, 1.807) is 85.8 Å². The zero-order valence-corrected chi connectivity index (χ0v) is 28.4. The van der Waals surface area contributed by atoms with E-state index in [4.69, 9.17) is 16.3 Å². The van der Waals surface area contributed by atoms with Crippen LogP contribution >= 0.6 is 11.6 Å². The number of aromatic nitrogens is 2. The van der Waals surface area contributed by atoms with Crippen molar-refractivity contribution in [1.82, 2.24) is 31.2 Å². The van der Waals surface area contributed by atoms with E-state index in [9.17, 15) is 29.1 Å². The van der Waals surface area contributed by atoms with Gasteiger partial charge in [0.25, 0.3) is 11.8 Å². The third-order valence-electron chi connectivity index (χ3n) is 7.22. The molecule has 6 N–H and O–H groups in total. The van der Waals surface area contributed by atoms with Gasteiger partial charge in [-0.25, -0.2) is 14.8 Å². The van der Waals surface area contributed by atoms with E-state index < -0.39 is 48.2 Å². The Morgan fingerprint density at radius 3 is 2.12 bits per heavy atom. The molecule has 1 heterocycles. The van der Waals surface area contributed by atoms with Gasteiger partial charge >= 0.3 is 5.97 Å². The van der Waals surface area contributed by atoms with Gasteiger partial charge in [0.2, 0.25) is 17.8 Å². The molecular weight excluding hydrogens is 678 g/mol. The number of carbonyl (C=O) groups is 5. The topological polar surface area (TPSA) is 201 Å². The maximum absolute atomic E-state index is 13.7. The lowest BCUT2D eigenvalue weighted by Crippen LogP contribution is -2.52. The third kappa shape index (κ3) is 12.0. The second kappa shape index (κ2) is 18.5. The number of benzene rings is 3. The highest BCUT2D eigenvalue weighted by molar-refractivity contribution is 6.29. The number of rotatable bonds is 15. The van der Waals surface area contributed by atoms with Gasteiger partial charge in [-0.15, -0.1) is 0 Å². The number of halogens is 1. The SMILES string of the molecule is COC(=O)[C@H](Cc1ccc(O)cc1)NC(=O)CNC(=O)[C@H](Cc1ccccc1)NC(=O)/C(=C/Nc1nc(C)cc(Cl)n1)NC(=O)c1ccccc1. The van der Waals surface area contributed by atoms with Gasteiger partial charge in [-0.2, -0.15) is 0 Å². The van der Waals surface area contributed by atoms with Crippen molar-refractivity contribution >= 4 is 47.1 Å². The summed E-state index contributed by atoms with van der Waals surface area (Å²) >= 11 is 6.05. The lowest BCUT2D eigenvalue weighted by molar-refractivity contribution is -0.145. The normalized spacial score (nSPS) is 12.1. The van der Waals surface area contributed by atoms with Gasteiger partial charge in [0.1, 0.15) is 28.7 Å². The molecule has 51 heavy (non-hydrogen) atoms. The molecule has 4 aromatic rings. The number of methoxy groups -OCH3 is 1. The van der Waals surface area contributed by atoms with Crippen LogP contribution in [0.3, 0.4) is 0 Å². The van der Waals surface area contributed by atoms with Crippen molar-refractivity contribution in [1.29, 1.82) is 0 Å². The van der Waals surface area contributed by atoms with Crippen molar-refractivity contribution in [3.8, 4) is 5.75 Å². The number of carbonyl (C=O) groups excluding carboxylic acids is 5. The molecule has 0 aliphatic carbocycles. The molecule has 0 bridgehead atoms. The van der Waals surface area contributed by atoms with Crippen molar-refractivity contribution in [2.75, 3.05) is 19.0 Å². The number of aryl methyl sites for hydroxylation is 1. The number of esters is 1. The van der Waals surface area contributed by atoms with Crippen LogP contribution in [-0.4, -0.2) is 70.4 Å². The summed E-state index contributed by atoms with van der Waals surface area (Å²) in [5.41, 5.74) is 1.89. The highest BCUT2D eigenvalue weighted by Gasteiger charge is 2.26. The second-order valence-corrected chi connectivity index (χ2v) is 11.5. The quantitative estimate of drug-likeness (QED) is 0.0604. The number of hydrogen-bond donors (Lipinski definition) is 6. The van der Waals surface area contributed by atoms with E-state index in [-0.39, 0.29) is 41.0 Å². The first-order chi connectivity index (χ1) is 24.5. The number of amides is 4. The van der Waals surface area contributed by atoms with E-state index in [2.05, 4.69) is 36.6 Å². The lowest BCUT2D eigenvalue weighted by atomic mass is 10.0. The molecule has 4 amide bonds. The highest BCUT2D eigenvalue weighted by atomic mass is 35.5. The van der Waals surface area contributed by atoms with Crippen LogP contribution in [0.25, 0.3) is 0 Å². The minimum Gasteiger partial charge on any atom is -0.508 e. The fourth-order valence-electron chi connectivity index (χ4n) is 4.71. The summed E-state index contributed by atoms with van der Waals surface area (Å²) in [6.45, 7) is 1.16. The number of aromatic hydroxyl groups is 1. The maximum atomic E-state index is 13.7. The molecule has 2 atom stereocenters. The van der Waals surface area contributed by atoms with Gasteiger partial charge < -0.3 is 36.4 Å². The van der Waals surface area contributed by atoms with Gasteiger partial charge in [0.05, 0.1) is 13.7 Å². The van der Waals surface area contributed by atoms with E-state index in [1.165, 1.54) is 25.4 Å². The van der Waals surface area contributed by atoms with Crippen LogP contribution in [0.5, 0.6) is 5.75 Å². The Kier molecular flexibility index (Phi) is 13.6. The second-order valence-electron chi connectivity index (χ2n) is 11.1. The number of anilines is 1. The third-order valence-corrected chi connectivity index (χ3v) is 7.42. The predicted molar refractivity (Wildman–Crippen MR) is 188 cm³/mol. The Hall–Kier alpha value is -6.28. The largest absolute Gasteiger partial charge is 0.508 e. The first-order valence-electron chi connectivity index (χ1n) is 15.6. The summed E-state index contributed by atoms with van der Waals surface area (Å²) in [6, 6.07) is 22.4. The number of ether oxygens (including phenoxy) is 1. The smallest absolute Gasteiger partial charge is 0.328 e. The Morgan fingerprint density at radius 1 is 0.843 bits per heavy atom. The molecule has 0 saturated heterocycles. The molecule has 0 saturated carbocycles. The van der Waals surface area contributed by atoms with E-state index in [0.717, 1.165) is 0 Å². The molecule has 0 fully saturated rings. The number of nitrogens with one attached hydrogen (secondary N) is 5. The molecular formula is C36H36ClN7O7. The fourth-order valence-corrected chi connectivity index (χ4v) is 4.95. The van der Waals surface area contributed by atoms with Crippen LogP contribution in [0.2, 0.25) is 5.15 Å². The summed E-state index contributed by atoms with van der Waals surface area (Å²) in [4.78, 5) is 73.9. The fraction of sp³-hybridized carbons (Fsp3) is 0.194. The predicted octanol–water partition coefficient (Wildman–Crippen LogP) is 2.57. The minimum atomic E-state index is -1.22. The van der Waals surface area contributed by atoms with Crippen LogP contribution < -0.4 is 26.6 Å². The van der Waals surface area contributed by atoms with Crippen LogP contribution in [0.1, 0.15) is 27.2 Å². The zero-order valence-electron chi connectivity index (χ0n) is 27.7. The molecule has 15 heteroatoms. The van der Waals surface area contributed by atoms with E-state index in [1.807, 2.05) is 0 Å². The summed E-state index contributed by atoms with van der Waals surface area (Å²) < 4.78 is 4.83. The van der Waals surface area contributed by atoms with Crippen molar-refractivity contribution in [2.45, 2.75) is 31.8 Å². The van der Waals surface area contributed by atoms with Crippen LogP contribution in [0, 0.1) is 6.92 Å². The van der Waals surface area contributed by atoms with Crippen molar-refractivity contribution in [3.63, 3.8) is 0 Å². The molecule has 0 spiro atoms. The van der Waals surface area contributed by atoms with Crippen LogP contribution in [0.15, 0.2) is 103 Å². The van der Waals surface area contributed by atoms with Gasteiger partial charge in [-0.05, 0) is 48.4 Å². The standard InChI is InChI=1S/C36H36ClN7O7/c1-22-17-30(37)44-36(40-22)39-20-29(43-32(47)25-11-7-4-8-12-25)34(49)42-27(18-23-9-5-3-6-10-23)33(48)38-21-31(46)41-28(35(50)51-2)19-24-13-15-26(45)16-14-24/h3-17,20,27-28,45H,18-19,21H2,1-2H3,(H,38,48)(H,41,46)(H,42,49)(H,43,47)(H,39,40,44)/b29-20-/t27-,28-/m0/s1. The van der Waals surface area contributed by atoms with Gasteiger partial charge in [-0.1, -0.05) is 72.3 Å².